The molecule has 7 nitrogen and oxygen atoms in total. The van der Waals surface area contributed by atoms with Crippen molar-refractivity contribution in [1.29, 1.82) is 0 Å². The summed E-state index contributed by atoms with van der Waals surface area (Å²) in [6, 6.07) is 14.0. The summed E-state index contributed by atoms with van der Waals surface area (Å²) in [6.07, 6.45) is 1.70. The van der Waals surface area contributed by atoms with Gasteiger partial charge in [0.05, 0.1) is 11.9 Å². The van der Waals surface area contributed by atoms with Gasteiger partial charge in [-0.25, -0.2) is 8.42 Å². The lowest BCUT2D eigenvalue weighted by Gasteiger charge is -2.22. The number of aryl methyl sites for hydroxylation is 1. The van der Waals surface area contributed by atoms with Gasteiger partial charge in [0.2, 0.25) is 21.8 Å². The lowest BCUT2D eigenvalue weighted by molar-refractivity contribution is -0.116. The zero-order valence-electron chi connectivity index (χ0n) is 16.2. The van der Waals surface area contributed by atoms with Crippen LogP contribution in [0.3, 0.4) is 0 Å². The molecule has 2 aromatic carbocycles. The van der Waals surface area contributed by atoms with Crippen molar-refractivity contribution in [2.75, 3.05) is 27.7 Å². The van der Waals surface area contributed by atoms with E-state index in [2.05, 4.69) is 10.6 Å². The standard InChI is InChI=1S/C20H25N3O4S/c1-15-9-11-19(12-10-15)23(28(3,26)27)13-5-8-20(25)22-18-7-4-6-17(14-18)21-16(2)24/h4,6-7,9-12,14H,5,8,13H2,1-3H3,(H,21,24)(H,22,25). The van der Waals surface area contributed by atoms with Crippen LogP contribution in [-0.4, -0.2) is 33.0 Å². The largest absolute Gasteiger partial charge is 0.326 e. The van der Waals surface area contributed by atoms with Crippen molar-refractivity contribution in [2.45, 2.75) is 26.7 Å². The molecule has 0 fully saturated rings. The number of hydrogen-bond donors (Lipinski definition) is 2. The van der Waals surface area contributed by atoms with Gasteiger partial charge in [-0.15, -0.1) is 0 Å². The number of sulfonamides is 1. The summed E-state index contributed by atoms with van der Waals surface area (Å²) in [7, 11) is -3.44. The number of nitrogens with one attached hydrogen (secondary N) is 2. The van der Waals surface area contributed by atoms with Crippen LogP contribution in [0.2, 0.25) is 0 Å². The molecule has 0 aliphatic heterocycles. The Bertz CT molecular complexity index is 940. The van der Waals surface area contributed by atoms with Gasteiger partial charge in [0.1, 0.15) is 0 Å². The van der Waals surface area contributed by atoms with Crippen LogP contribution in [0.5, 0.6) is 0 Å². The highest BCUT2D eigenvalue weighted by atomic mass is 32.2. The number of carbonyl (C=O) groups is 2. The van der Waals surface area contributed by atoms with E-state index < -0.39 is 10.0 Å². The van der Waals surface area contributed by atoms with Crippen LogP contribution in [-0.2, 0) is 19.6 Å². The fourth-order valence-electron chi connectivity index (χ4n) is 2.68. The van der Waals surface area contributed by atoms with E-state index in [1.807, 2.05) is 19.1 Å². The lowest BCUT2D eigenvalue weighted by atomic mass is 10.2. The number of amides is 2. The van der Waals surface area contributed by atoms with E-state index in [4.69, 9.17) is 0 Å². The van der Waals surface area contributed by atoms with E-state index in [9.17, 15) is 18.0 Å². The molecule has 2 aromatic rings. The molecular formula is C20H25N3O4S. The quantitative estimate of drug-likeness (QED) is 0.708. The summed E-state index contributed by atoms with van der Waals surface area (Å²) in [6.45, 7) is 3.55. The number of benzene rings is 2. The highest BCUT2D eigenvalue weighted by Gasteiger charge is 2.17. The molecule has 0 spiro atoms. The van der Waals surface area contributed by atoms with Gasteiger partial charge >= 0.3 is 0 Å². The third-order valence-electron chi connectivity index (χ3n) is 3.95. The van der Waals surface area contributed by atoms with E-state index in [0.29, 0.717) is 23.5 Å². The number of rotatable bonds is 8. The first-order valence-corrected chi connectivity index (χ1v) is 10.7. The second-order valence-corrected chi connectivity index (χ2v) is 8.49. The maximum absolute atomic E-state index is 12.2. The molecule has 0 aliphatic carbocycles. The molecule has 0 saturated carbocycles. The number of hydrogen-bond acceptors (Lipinski definition) is 4. The molecule has 0 saturated heterocycles. The minimum atomic E-state index is -3.44. The molecule has 0 unspecified atom stereocenters. The highest BCUT2D eigenvalue weighted by molar-refractivity contribution is 7.92. The van der Waals surface area contributed by atoms with E-state index >= 15 is 0 Å². The Morgan fingerprint density at radius 3 is 2.18 bits per heavy atom. The van der Waals surface area contributed by atoms with Crippen LogP contribution < -0.4 is 14.9 Å². The lowest BCUT2D eigenvalue weighted by Crippen LogP contribution is -2.31. The molecule has 2 N–H and O–H groups in total. The first-order chi connectivity index (χ1) is 13.1. The van der Waals surface area contributed by atoms with Crippen LogP contribution in [0.25, 0.3) is 0 Å². The third-order valence-corrected chi connectivity index (χ3v) is 5.15. The topological polar surface area (TPSA) is 95.6 Å². The molecular weight excluding hydrogens is 378 g/mol. The SMILES string of the molecule is CC(=O)Nc1cccc(NC(=O)CCCN(c2ccc(C)cc2)S(C)(=O)=O)c1. The molecule has 0 heterocycles. The first-order valence-electron chi connectivity index (χ1n) is 8.87. The van der Waals surface area contributed by atoms with Gasteiger partial charge in [-0.3, -0.25) is 13.9 Å². The van der Waals surface area contributed by atoms with Crippen LogP contribution in [0.1, 0.15) is 25.3 Å². The Morgan fingerprint density at radius 2 is 1.61 bits per heavy atom. The Balaban J connectivity index is 1.94. The Kier molecular flexibility index (Phi) is 7.17. The summed E-state index contributed by atoms with van der Waals surface area (Å²) < 4.78 is 25.5. The van der Waals surface area contributed by atoms with Crippen LogP contribution in [0.4, 0.5) is 17.1 Å². The normalized spacial score (nSPS) is 11.0. The summed E-state index contributed by atoms with van der Waals surface area (Å²) in [5.74, 6) is -0.419. The van der Waals surface area contributed by atoms with E-state index in [1.54, 1.807) is 36.4 Å². The van der Waals surface area contributed by atoms with Crippen LogP contribution in [0, 0.1) is 6.92 Å². The predicted octanol–water partition coefficient (Wildman–Crippen LogP) is 3.14. The minimum Gasteiger partial charge on any atom is -0.326 e. The Labute approximate surface area is 165 Å². The molecule has 0 atom stereocenters. The van der Waals surface area contributed by atoms with Gasteiger partial charge < -0.3 is 10.6 Å². The first kappa shape index (κ1) is 21.4. The Hall–Kier alpha value is -2.87. The molecule has 2 amide bonds. The predicted molar refractivity (Wildman–Crippen MR) is 112 cm³/mol. The smallest absolute Gasteiger partial charge is 0.232 e. The van der Waals surface area contributed by atoms with Crippen molar-refractivity contribution >= 4 is 38.9 Å². The summed E-state index contributed by atoms with van der Waals surface area (Å²) in [5.41, 5.74) is 2.78. The molecule has 0 aromatic heterocycles. The van der Waals surface area contributed by atoms with Crippen LogP contribution >= 0.6 is 0 Å². The van der Waals surface area contributed by atoms with Crippen molar-refractivity contribution in [1.82, 2.24) is 0 Å². The molecule has 0 aliphatic rings. The second kappa shape index (κ2) is 9.36. The average molecular weight is 404 g/mol. The molecule has 150 valence electrons. The maximum Gasteiger partial charge on any atom is 0.232 e. The summed E-state index contributed by atoms with van der Waals surface area (Å²) in [5, 5.41) is 5.41. The fraction of sp³-hybridized carbons (Fsp3) is 0.300. The average Bonchev–Trinajstić information content (AvgIpc) is 2.58. The highest BCUT2D eigenvalue weighted by Crippen LogP contribution is 2.19. The van der Waals surface area contributed by atoms with Crippen molar-refractivity contribution in [2.24, 2.45) is 0 Å². The van der Waals surface area contributed by atoms with E-state index in [0.717, 1.165) is 11.8 Å². The number of anilines is 3. The van der Waals surface area contributed by atoms with Gasteiger partial charge in [0.15, 0.2) is 0 Å². The van der Waals surface area contributed by atoms with Crippen molar-refractivity contribution in [3.05, 3.63) is 54.1 Å². The maximum atomic E-state index is 12.2. The zero-order chi connectivity index (χ0) is 20.7. The second-order valence-electron chi connectivity index (χ2n) is 6.58. The Morgan fingerprint density at radius 1 is 1.00 bits per heavy atom. The van der Waals surface area contributed by atoms with Gasteiger partial charge in [-0.2, -0.15) is 0 Å². The summed E-state index contributed by atoms with van der Waals surface area (Å²) >= 11 is 0. The zero-order valence-corrected chi connectivity index (χ0v) is 17.0. The molecule has 0 radical (unpaired) electrons. The monoisotopic (exact) mass is 403 g/mol. The van der Waals surface area contributed by atoms with Crippen molar-refractivity contribution in [3.63, 3.8) is 0 Å². The van der Waals surface area contributed by atoms with Gasteiger partial charge in [-0.1, -0.05) is 23.8 Å². The number of nitrogens with zero attached hydrogens (tertiary/aromatic N) is 1. The van der Waals surface area contributed by atoms with E-state index in [1.165, 1.54) is 11.2 Å². The molecule has 28 heavy (non-hydrogen) atoms. The van der Waals surface area contributed by atoms with Crippen molar-refractivity contribution in [3.8, 4) is 0 Å². The minimum absolute atomic E-state index is 0.169. The van der Waals surface area contributed by atoms with Gasteiger partial charge in [0.25, 0.3) is 0 Å². The molecule has 0 bridgehead atoms. The summed E-state index contributed by atoms with van der Waals surface area (Å²) in [4.78, 5) is 23.3. The van der Waals surface area contributed by atoms with Crippen LogP contribution in [0.15, 0.2) is 48.5 Å². The number of carbonyl (C=O) groups excluding carboxylic acids is 2. The van der Waals surface area contributed by atoms with Crippen molar-refractivity contribution < 1.29 is 18.0 Å². The fourth-order valence-corrected chi connectivity index (χ4v) is 3.65. The van der Waals surface area contributed by atoms with Gasteiger partial charge in [-0.05, 0) is 43.7 Å². The van der Waals surface area contributed by atoms with E-state index in [-0.39, 0.29) is 24.8 Å². The third kappa shape index (κ3) is 6.70. The molecule has 8 heteroatoms. The van der Waals surface area contributed by atoms with Gasteiger partial charge in [0, 0.05) is 31.3 Å². The molecule has 2 rings (SSSR count).